The van der Waals surface area contributed by atoms with Crippen LogP contribution >= 0.6 is 23.2 Å². The smallest absolute Gasteiger partial charge is 0.407 e. The molecule has 2 aromatic carbocycles. The first kappa shape index (κ1) is 33.3. The molecule has 0 radical (unpaired) electrons. The van der Waals surface area contributed by atoms with Gasteiger partial charge in [-0.2, -0.15) is 0 Å². The van der Waals surface area contributed by atoms with E-state index in [9.17, 15) is 9.59 Å². The Balaban J connectivity index is 1.20. The number of nitrogens with one attached hydrogen (secondary N) is 4. The molecule has 2 saturated heterocycles. The van der Waals surface area contributed by atoms with Gasteiger partial charge in [0.05, 0.1) is 54.1 Å². The van der Waals surface area contributed by atoms with E-state index in [1.54, 1.807) is 19.5 Å². The maximum absolute atomic E-state index is 11.5. The maximum atomic E-state index is 11.5. The summed E-state index contributed by atoms with van der Waals surface area (Å²) in [6.07, 6.45) is 4.24. The number of cyclic esters (lactones) is 1. The van der Waals surface area contributed by atoms with E-state index in [1.165, 1.54) is 7.11 Å². The lowest BCUT2D eigenvalue weighted by molar-refractivity contribution is -0.119. The summed E-state index contributed by atoms with van der Waals surface area (Å²) in [7, 11) is 3.08. The van der Waals surface area contributed by atoms with Crippen LogP contribution in [0.25, 0.3) is 33.6 Å². The van der Waals surface area contributed by atoms with Gasteiger partial charge in [0.25, 0.3) is 0 Å². The van der Waals surface area contributed by atoms with E-state index >= 15 is 0 Å². The summed E-state index contributed by atoms with van der Waals surface area (Å²) >= 11 is 14.0. The van der Waals surface area contributed by atoms with Crippen molar-refractivity contribution >= 4 is 35.2 Å². The Morgan fingerprint density at radius 3 is 1.77 bits per heavy atom. The highest BCUT2D eigenvalue weighted by Gasteiger charge is 2.23. The van der Waals surface area contributed by atoms with Gasteiger partial charge in [0, 0.05) is 60.9 Å². The van der Waals surface area contributed by atoms with Crippen molar-refractivity contribution in [2.75, 3.05) is 33.9 Å². The highest BCUT2D eigenvalue weighted by atomic mass is 35.5. The fraction of sp³-hybridized carbons (Fsp3) is 0.333. The number of rotatable bonds is 13. The van der Waals surface area contributed by atoms with Gasteiger partial charge >= 0.3 is 6.09 Å². The summed E-state index contributed by atoms with van der Waals surface area (Å²) in [4.78, 5) is 41.3. The summed E-state index contributed by atoms with van der Waals surface area (Å²) in [5, 5.41) is 13.1. The lowest BCUT2D eigenvalue weighted by Gasteiger charge is -2.15. The van der Waals surface area contributed by atoms with Crippen molar-refractivity contribution in [3.05, 3.63) is 70.2 Å². The normalized spacial score (nSPS) is 17.2. The minimum absolute atomic E-state index is 0.0769. The van der Waals surface area contributed by atoms with E-state index in [0.29, 0.717) is 106 Å². The number of alkyl carbamates (subject to hydrolysis) is 1. The second-order valence-corrected chi connectivity index (χ2v) is 12.0. The van der Waals surface area contributed by atoms with Crippen molar-refractivity contribution in [3.63, 3.8) is 0 Å². The minimum Gasteiger partial charge on any atom is -0.480 e. The zero-order valence-corrected chi connectivity index (χ0v) is 27.8. The highest BCUT2D eigenvalue weighted by Crippen LogP contribution is 2.42. The van der Waals surface area contributed by atoms with Gasteiger partial charge in [-0.25, -0.2) is 14.8 Å². The second-order valence-electron chi connectivity index (χ2n) is 11.3. The van der Waals surface area contributed by atoms with Gasteiger partial charge in [-0.15, -0.1) is 0 Å². The van der Waals surface area contributed by atoms with E-state index in [1.807, 2.05) is 36.4 Å². The molecule has 0 aliphatic carbocycles. The first-order valence-electron chi connectivity index (χ1n) is 15.4. The molecule has 2 fully saturated rings. The molecule has 4 aromatic rings. The average molecular weight is 694 g/mol. The number of ether oxygens (including phenoxy) is 3. The lowest BCUT2D eigenvalue weighted by Crippen LogP contribution is -2.36. The van der Waals surface area contributed by atoms with Crippen molar-refractivity contribution in [3.8, 4) is 45.4 Å². The van der Waals surface area contributed by atoms with Crippen LogP contribution in [0.15, 0.2) is 48.8 Å². The largest absolute Gasteiger partial charge is 0.480 e. The molecular weight excluding hydrogens is 659 g/mol. The van der Waals surface area contributed by atoms with Gasteiger partial charge in [0.2, 0.25) is 17.7 Å². The average Bonchev–Trinajstić information content (AvgIpc) is 3.72. The Kier molecular flexibility index (Phi) is 10.5. The van der Waals surface area contributed by atoms with Crippen molar-refractivity contribution < 1.29 is 23.8 Å². The van der Waals surface area contributed by atoms with Crippen LogP contribution in [0.2, 0.25) is 10.0 Å². The number of amides is 2. The van der Waals surface area contributed by atoms with Gasteiger partial charge in [0.1, 0.15) is 18.0 Å². The van der Waals surface area contributed by atoms with Crippen LogP contribution in [-0.4, -0.2) is 77.9 Å². The molecule has 2 aromatic heterocycles. The van der Waals surface area contributed by atoms with Crippen molar-refractivity contribution in [1.29, 1.82) is 0 Å². The molecule has 0 saturated carbocycles. The van der Waals surface area contributed by atoms with E-state index in [4.69, 9.17) is 42.4 Å². The number of hydrogen-bond acceptors (Lipinski definition) is 11. The Bertz CT molecular complexity index is 1700. The van der Waals surface area contributed by atoms with Crippen molar-refractivity contribution in [2.45, 2.75) is 38.0 Å². The number of benzene rings is 2. The third-order valence-corrected chi connectivity index (χ3v) is 8.85. The molecule has 0 spiro atoms. The predicted octanol–water partition coefficient (Wildman–Crippen LogP) is 4.16. The summed E-state index contributed by atoms with van der Waals surface area (Å²) in [6.45, 7) is 2.26. The zero-order chi connectivity index (χ0) is 33.6. The molecule has 48 heavy (non-hydrogen) atoms. The van der Waals surface area contributed by atoms with Crippen LogP contribution in [-0.2, 0) is 22.6 Å². The standard InChI is InChI=1S/C33H34Cl2N8O5/c1-46-31-26(13-36-11-18-9-10-28(44)40-18)38-15-24(42-31)22-7-3-5-20(29(22)34)21-6-4-8-23(30(21)35)25-16-39-27(32(43-25)47-2)14-37-12-19-17-48-33(45)41-19/h3-8,15-16,18-19,36-37H,9-14,17H2,1-2H3,(H,40,44)(H,41,45)/t18-,19?/m0/s1. The van der Waals surface area contributed by atoms with Crippen LogP contribution in [0.5, 0.6) is 11.8 Å². The van der Waals surface area contributed by atoms with E-state index in [2.05, 4.69) is 36.2 Å². The van der Waals surface area contributed by atoms with Crippen molar-refractivity contribution in [1.82, 2.24) is 41.2 Å². The SMILES string of the molecule is COc1nc(-c2cccc(-c3cccc(-c4cnc(CNC[C@@H]5CCC(=O)N5)c(OC)n4)c3Cl)c2Cl)cnc1CNCC1COC(=O)N1. The number of carbonyl (C=O) groups excluding carboxylic acids is 2. The number of nitrogens with zero attached hydrogens (tertiary/aromatic N) is 4. The Morgan fingerprint density at radius 1 is 0.792 bits per heavy atom. The third kappa shape index (κ3) is 7.44. The monoisotopic (exact) mass is 692 g/mol. The van der Waals surface area contributed by atoms with E-state index in [-0.39, 0.29) is 18.0 Å². The molecule has 1 unspecified atom stereocenters. The van der Waals surface area contributed by atoms with Gasteiger partial charge < -0.3 is 35.5 Å². The minimum atomic E-state index is -0.420. The van der Waals surface area contributed by atoms with E-state index < -0.39 is 6.09 Å². The van der Waals surface area contributed by atoms with E-state index in [0.717, 1.165) is 6.42 Å². The van der Waals surface area contributed by atoms with Crippen LogP contribution in [0.4, 0.5) is 4.79 Å². The molecule has 2 amide bonds. The summed E-state index contributed by atoms with van der Waals surface area (Å²) in [6, 6.07) is 11.3. The molecular formula is C33H34Cl2N8O5. The van der Waals surface area contributed by atoms with Crippen LogP contribution in [0.1, 0.15) is 24.2 Å². The van der Waals surface area contributed by atoms with Gasteiger partial charge in [-0.3, -0.25) is 14.8 Å². The molecule has 4 heterocycles. The topological polar surface area (TPSA) is 162 Å². The lowest BCUT2D eigenvalue weighted by atomic mass is 9.98. The molecule has 2 aliphatic rings. The third-order valence-electron chi connectivity index (χ3n) is 8.04. The fourth-order valence-electron chi connectivity index (χ4n) is 5.60. The van der Waals surface area contributed by atoms with Gasteiger partial charge in [0.15, 0.2) is 0 Å². The number of halogens is 2. The maximum Gasteiger partial charge on any atom is 0.407 e. The van der Waals surface area contributed by atoms with Crippen molar-refractivity contribution in [2.24, 2.45) is 0 Å². The molecule has 2 atom stereocenters. The molecule has 13 nitrogen and oxygen atoms in total. The quantitative estimate of drug-likeness (QED) is 0.159. The molecule has 6 rings (SSSR count). The summed E-state index contributed by atoms with van der Waals surface area (Å²) in [5.74, 6) is 0.806. The number of aromatic nitrogens is 4. The zero-order valence-electron chi connectivity index (χ0n) is 26.3. The number of hydrogen-bond donors (Lipinski definition) is 4. The first-order chi connectivity index (χ1) is 23.3. The van der Waals surface area contributed by atoms with Gasteiger partial charge in [-0.1, -0.05) is 59.6 Å². The molecule has 2 aliphatic heterocycles. The summed E-state index contributed by atoms with van der Waals surface area (Å²) in [5.41, 5.74) is 5.04. The fourth-order valence-corrected chi connectivity index (χ4v) is 6.24. The van der Waals surface area contributed by atoms with Crippen LogP contribution in [0, 0.1) is 0 Å². The summed E-state index contributed by atoms with van der Waals surface area (Å²) < 4.78 is 16.0. The molecule has 15 heteroatoms. The molecule has 250 valence electrons. The van der Waals surface area contributed by atoms with Crippen LogP contribution < -0.4 is 30.7 Å². The molecule has 4 N–H and O–H groups in total. The highest BCUT2D eigenvalue weighted by molar-refractivity contribution is 6.39. The predicted molar refractivity (Wildman–Crippen MR) is 180 cm³/mol. The Labute approximate surface area is 287 Å². The number of methoxy groups -OCH3 is 2. The Morgan fingerprint density at radius 2 is 1.31 bits per heavy atom. The Hall–Kier alpha value is -4.56. The second kappa shape index (κ2) is 15.1. The van der Waals surface area contributed by atoms with Gasteiger partial charge in [-0.05, 0) is 6.42 Å². The molecule has 0 bridgehead atoms. The van der Waals surface area contributed by atoms with Crippen LogP contribution in [0.3, 0.4) is 0 Å². The number of carbonyl (C=O) groups is 2. The first-order valence-corrected chi connectivity index (χ1v) is 16.1.